The van der Waals surface area contributed by atoms with Crippen molar-refractivity contribution < 1.29 is 9.18 Å². The lowest BCUT2D eigenvalue weighted by Gasteiger charge is -2.22. The van der Waals surface area contributed by atoms with E-state index in [2.05, 4.69) is 10.6 Å². The molecule has 1 atom stereocenters. The number of halogens is 2. The van der Waals surface area contributed by atoms with Gasteiger partial charge in [0.2, 0.25) is 5.91 Å². The van der Waals surface area contributed by atoms with E-state index < -0.39 is 0 Å². The Morgan fingerprint density at radius 1 is 1.44 bits per heavy atom. The Bertz CT molecular complexity index is 382. The third-order valence-electron chi connectivity index (χ3n) is 2.56. The second-order valence-corrected chi connectivity index (χ2v) is 5.13. The summed E-state index contributed by atoms with van der Waals surface area (Å²) in [6.45, 7) is 0.958. The minimum absolute atomic E-state index is 0. The molecule has 1 heterocycles. The molecule has 0 radical (unpaired) electrons. The van der Waals surface area contributed by atoms with Gasteiger partial charge < -0.3 is 10.6 Å². The van der Waals surface area contributed by atoms with Gasteiger partial charge >= 0.3 is 0 Å². The quantitative estimate of drug-likeness (QED) is 0.897. The molecule has 6 heteroatoms. The summed E-state index contributed by atoms with van der Waals surface area (Å²) in [6, 6.07) is 6.05. The number of nitrogens with one attached hydrogen (secondary N) is 2. The lowest BCUT2D eigenvalue weighted by Crippen LogP contribution is -2.39. The van der Waals surface area contributed by atoms with Crippen LogP contribution >= 0.6 is 24.2 Å². The van der Waals surface area contributed by atoms with Crippen molar-refractivity contribution in [3.63, 3.8) is 0 Å². The van der Waals surface area contributed by atoms with Crippen LogP contribution in [-0.2, 0) is 4.79 Å². The maximum Gasteiger partial charge on any atom is 0.225 e. The van der Waals surface area contributed by atoms with Crippen molar-refractivity contribution in [3.8, 4) is 0 Å². The van der Waals surface area contributed by atoms with Gasteiger partial charge in [0.1, 0.15) is 5.82 Å². The Kier molecular flexibility index (Phi) is 6.46. The molecule has 3 nitrogen and oxygen atoms in total. The molecule has 1 aliphatic heterocycles. The number of benzene rings is 1. The van der Waals surface area contributed by atoms with Crippen LogP contribution in [0.1, 0.15) is 6.42 Å². The highest BCUT2D eigenvalue weighted by atomic mass is 35.5. The predicted octanol–water partition coefficient (Wildman–Crippen LogP) is 2.28. The molecular weight excluding hydrogens is 275 g/mol. The van der Waals surface area contributed by atoms with Crippen molar-refractivity contribution in [1.82, 2.24) is 5.32 Å². The van der Waals surface area contributed by atoms with Crippen molar-refractivity contribution in [2.24, 2.45) is 0 Å². The summed E-state index contributed by atoms with van der Waals surface area (Å²) in [4.78, 5) is 11.7. The van der Waals surface area contributed by atoms with Crippen LogP contribution in [0.3, 0.4) is 0 Å². The lowest BCUT2D eigenvalue weighted by atomic mass is 10.2. The van der Waals surface area contributed by atoms with E-state index in [-0.39, 0.29) is 30.2 Å². The van der Waals surface area contributed by atoms with Crippen LogP contribution in [0, 0.1) is 5.82 Å². The highest BCUT2D eigenvalue weighted by molar-refractivity contribution is 7.99. The fraction of sp³-hybridized carbons (Fsp3) is 0.417. The first-order chi connectivity index (χ1) is 8.24. The van der Waals surface area contributed by atoms with E-state index in [9.17, 15) is 9.18 Å². The molecule has 1 amide bonds. The van der Waals surface area contributed by atoms with Gasteiger partial charge in [0, 0.05) is 36.2 Å². The van der Waals surface area contributed by atoms with E-state index in [0.29, 0.717) is 12.1 Å². The summed E-state index contributed by atoms with van der Waals surface area (Å²) in [6.07, 6.45) is 0.463. The summed E-state index contributed by atoms with van der Waals surface area (Å²) in [5.41, 5.74) is 0.639. The van der Waals surface area contributed by atoms with Crippen molar-refractivity contribution in [2.75, 3.05) is 23.4 Å². The van der Waals surface area contributed by atoms with Crippen LogP contribution in [-0.4, -0.2) is 30.0 Å². The molecule has 2 rings (SSSR count). The molecule has 2 N–H and O–H groups in total. The first-order valence-corrected chi connectivity index (χ1v) is 6.76. The summed E-state index contributed by atoms with van der Waals surface area (Å²) >= 11 is 1.86. The minimum Gasteiger partial charge on any atom is -0.326 e. The summed E-state index contributed by atoms with van der Waals surface area (Å²) in [7, 11) is 0. The second kappa shape index (κ2) is 7.61. The summed E-state index contributed by atoms with van der Waals surface area (Å²) < 4.78 is 12.7. The Morgan fingerprint density at radius 3 is 2.78 bits per heavy atom. The monoisotopic (exact) mass is 290 g/mol. The van der Waals surface area contributed by atoms with Gasteiger partial charge in [0.15, 0.2) is 0 Å². The molecule has 0 saturated carbocycles. The topological polar surface area (TPSA) is 41.1 Å². The van der Waals surface area contributed by atoms with Crippen molar-refractivity contribution in [3.05, 3.63) is 30.1 Å². The van der Waals surface area contributed by atoms with Gasteiger partial charge in [-0.25, -0.2) is 4.39 Å². The second-order valence-electron chi connectivity index (χ2n) is 3.99. The smallest absolute Gasteiger partial charge is 0.225 e. The van der Waals surface area contributed by atoms with Gasteiger partial charge in [-0.05, 0) is 24.3 Å². The van der Waals surface area contributed by atoms with Gasteiger partial charge in [0.05, 0.1) is 0 Å². The normalized spacial score (nSPS) is 18.8. The molecule has 1 aliphatic rings. The molecule has 0 spiro atoms. The van der Waals surface area contributed by atoms with E-state index in [1.807, 2.05) is 11.8 Å². The predicted molar refractivity (Wildman–Crippen MR) is 76.0 cm³/mol. The third kappa shape index (κ3) is 4.84. The van der Waals surface area contributed by atoms with Crippen LogP contribution < -0.4 is 10.6 Å². The maximum absolute atomic E-state index is 12.7. The number of hydrogen-bond acceptors (Lipinski definition) is 3. The number of thioether (sulfide) groups is 1. The lowest BCUT2D eigenvalue weighted by molar-refractivity contribution is -0.116. The van der Waals surface area contributed by atoms with Crippen molar-refractivity contribution in [1.29, 1.82) is 0 Å². The van der Waals surface area contributed by atoms with Gasteiger partial charge in [0.25, 0.3) is 0 Å². The summed E-state index contributed by atoms with van der Waals surface area (Å²) in [5.74, 6) is 1.75. The molecule has 1 unspecified atom stereocenters. The highest BCUT2D eigenvalue weighted by Crippen LogP contribution is 2.12. The largest absolute Gasteiger partial charge is 0.326 e. The molecule has 1 aromatic carbocycles. The molecule has 0 bridgehead atoms. The van der Waals surface area contributed by atoms with Crippen molar-refractivity contribution >= 4 is 35.8 Å². The SMILES string of the molecule is Cl.O=C(CC1CSCCN1)Nc1ccc(F)cc1. The molecule has 1 aromatic rings. The number of hydrogen-bond donors (Lipinski definition) is 2. The van der Waals surface area contributed by atoms with E-state index in [0.717, 1.165) is 18.1 Å². The zero-order chi connectivity index (χ0) is 12.1. The molecular formula is C12H16ClFN2OS. The number of carbonyl (C=O) groups is 1. The fourth-order valence-corrected chi connectivity index (χ4v) is 2.67. The van der Waals surface area contributed by atoms with E-state index >= 15 is 0 Å². The number of rotatable bonds is 3. The molecule has 0 aromatic heterocycles. The maximum atomic E-state index is 12.7. The zero-order valence-corrected chi connectivity index (χ0v) is 11.5. The highest BCUT2D eigenvalue weighted by Gasteiger charge is 2.16. The zero-order valence-electron chi connectivity index (χ0n) is 9.82. The Balaban J connectivity index is 0.00000162. The molecule has 100 valence electrons. The molecule has 18 heavy (non-hydrogen) atoms. The number of anilines is 1. The van der Waals surface area contributed by atoms with Gasteiger partial charge in [-0.2, -0.15) is 11.8 Å². The van der Waals surface area contributed by atoms with E-state index in [1.54, 1.807) is 12.1 Å². The molecule has 1 fully saturated rings. The van der Waals surface area contributed by atoms with Crippen LogP contribution in [0.4, 0.5) is 10.1 Å². The van der Waals surface area contributed by atoms with Gasteiger partial charge in [-0.3, -0.25) is 4.79 Å². The minimum atomic E-state index is -0.298. The van der Waals surface area contributed by atoms with Gasteiger partial charge in [-0.1, -0.05) is 0 Å². The Hall–Kier alpha value is -0.780. The average molecular weight is 291 g/mol. The van der Waals surface area contributed by atoms with Crippen LogP contribution in [0.5, 0.6) is 0 Å². The first-order valence-electron chi connectivity index (χ1n) is 5.60. The third-order valence-corrected chi connectivity index (χ3v) is 3.69. The van der Waals surface area contributed by atoms with Crippen LogP contribution in [0.2, 0.25) is 0 Å². The first kappa shape index (κ1) is 15.3. The molecule has 0 aliphatic carbocycles. The number of carbonyl (C=O) groups excluding carboxylic acids is 1. The van der Waals surface area contributed by atoms with E-state index in [1.165, 1.54) is 12.1 Å². The summed E-state index contributed by atoms with van der Waals surface area (Å²) in [5, 5.41) is 6.06. The van der Waals surface area contributed by atoms with Gasteiger partial charge in [-0.15, -0.1) is 12.4 Å². The van der Waals surface area contributed by atoms with Crippen LogP contribution in [0.15, 0.2) is 24.3 Å². The average Bonchev–Trinajstić information content (AvgIpc) is 2.33. The fourth-order valence-electron chi connectivity index (χ4n) is 1.72. The van der Waals surface area contributed by atoms with Crippen molar-refractivity contribution in [2.45, 2.75) is 12.5 Å². The Morgan fingerprint density at radius 2 is 2.17 bits per heavy atom. The molecule has 1 saturated heterocycles. The van der Waals surface area contributed by atoms with E-state index in [4.69, 9.17) is 0 Å². The standard InChI is InChI=1S/C12H15FN2OS.ClH/c13-9-1-3-10(4-2-9)15-12(16)7-11-8-17-6-5-14-11;/h1-4,11,14H,5-8H2,(H,15,16);1H. The number of amides is 1. The van der Waals surface area contributed by atoms with Crippen LogP contribution in [0.25, 0.3) is 0 Å². The Labute approximate surface area is 116 Å².